The molecule has 0 radical (unpaired) electrons. The van der Waals surface area contributed by atoms with E-state index in [-0.39, 0.29) is 18.1 Å². The molecule has 2 aliphatic rings. The molecule has 2 saturated carbocycles. The van der Waals surface area contributed by atoms with Crippen LogP contribution in [-0.2, 0) is 4.74 Å². The zero-order valence-electron chi connectivity index (χ0n) is 11.3. The second kappa shape index (κ2) is 5.33. The van der Waals surface area contributed by atoms with Crippen molar-refractivity contribution in [3.63, 3.8) is 0 Å². The molecule has 19 heavy (non-hydrogen) atoms. The first-order chi connectivity index (χ1) is 9.28. The first-order valence-electron chi connectivity index (χ1n) is 7.17. The lowest BCUT2D eigenvalue weighted by molar-refractivity contribution is 0.0391. The molecule has 1 aromatic heterocycles. The molecule has 1 amide bonds. The highest BCUT2D eigenvalue weighted by Crippen LogP contribution is 2.39. The molecule has 5 heteroatoms. The Bertz CT molecular complexity index is 453. The number of aromatic amines is 1. The van der Waals surface area contributed by atoms with Crippen molar-refractivity contribution in [2.75, 3.05) is 7.11 Å². The van der Waals surface area contributed by atoms with Crippen LogP contribution in [0.3, 0.4) is 0 Å². The van der Waals surface area contributed by atoms with Crippen LogP contribution in [0, 0.1) is 0 Å². The molecule has 0 aliphatic heterocycles. The highest BCUT2D eigenvalue weighted by Gasteiger charge is 2.29. The minimum atomic E-state index is -0.0860. The van der Waals surface area contributed by atoms with Crippen molar-refractivity contribution in [3.05, 3.63) is 17.5 Å². The lowest BCUT2D eigenvalue weighted by Gasteiger charge is -2.30. The van der Waals surface area contributed by atoms with E-state index in [4.69, 9.17) is 4.74 Å². The molecule has 5 nitrogen and oxygen atoms in total. The smallest absolute Gasteiger partial charge is 0.272 e. The molecule has 0 unspecified atom stereocenters. The van der Waals surface area contributed by atoms with E-state index in [0.29, 0.717) is 11.6 Å². The lowest BCUT2D eigenvalue weighted by Crippen LogP contribution is -2.46. The third-order valence-corrected chi connectivity index (χ3v) is 4.17. The molecular weight excluding hydrogens is 242 g/mol. The van der Waals surface area contributed by atoms with Crippen LogP contribution in [-0.4, -0.2) is 35.4 Å². The molecule has 3 rings (SSSR count). The van der Waals surface area contributed by atoms with Crippen molar-refractivity contribution < 1.29 is 9.53 Å². The summed E-state index contributed by atoms with van der Waals surface area (Å²) in [6.45, 7) is 0. The van der Waals surface area contributed by atoms with Gasteiger partial charge in [0.2, 0.25) is 0 Å². The second-order valence-corrected chi connectivity index (χ2v) is 5.62. The highest BCUT2D eigenvalue weighted by atomic mass is 16.5. The van der Waals surface area contributed by atoms with Gasteiger partial charge in [0.25, 0.3) is 5.91 Å². The van der Waals surface area contributed by atoms with Crippen LogP contribution in [0.5, 0.6) is 0 Å². The van der Waals surface area contributed by atoms with Crippen LogP contribution in [0.1, 0.15) is 60.6 Å². The van der Waals surface area contributed by atoms with E-state index >= 15 is 0 Å². The summed E-state index contributed by atoms with van der Waals surface area (Å²) in [7, 11) is 1.72. The van der Waals surface area contributed by atoms with Gasteiger partial charge in [-0.2, -0.15) is 5.10 Å². The van der Waals surface area contributed by atoms with Crippen LogP contribution in [0.25, 0.3) is 0 Å². The van der Waals surface area contributed by atoms with Gasteiger partial charge in [-0.25, -0.2) is 0 Å². The summed E-state index contributed by atoms with van der Waals surface area (Å²) in [6, 6.07) is 2.00. The largest absolute Gasteiger partial charge is 0.379 e. The van der Waals surface area contributed by atoms with Gasteiger partial charge in [-0.1, -0.05) is 12.8 Å². The van der Waals surface area contributed by atoms with E-state index in [2.05, 4.69) is 15.5 Å². The predicted molar refractivity (Wildman–Crippen MR) is 71.1 cm³/mol. The quantitative estimate of drug-likeness (QED) is 0.872. The third-order valence-electron chi connectivity index (χ3n) is 4.17. The van der Waals surface area contributed by atoms with Crippen LogP contribution >= 0.6 is 0 Å². The number of hydrogen-bond donors (Lipinski definition) is 2. The summed E-state index contributed by atoms with van der Waals surface area (Å²) in [5.41, 5.74) is 1.60. The maximum absolute atomic E-state index is 12.2. The number of aromatic nitrogens is 2. The van der Waals surface area contributed by atoms with Gasteiger partial charge < -0.3 is 10.1 Å². The van der Waals surface area contributed by atoms with E-state index in [9.17, 15) is 4.79 Å². The number of H-pyrrole nitrogens is 1. The molecule has 2 aliphatic carbocycles. The fraction of sp³-hybridized carbons (Fsp3) is 0.714. The van der Waals surface area contributed by atoms with Crippen LogP contribution in [0.15, 0.2) is 6.07 Å². The molecule has 2 N–H and O–H groups in total. The maximum atomic E-state index is 12.2. The average Bonchev–Trinajstić information content (AvgIpc) is 3.17. The molecule has 0 saturated heterocycles. The van der Waals surface area contributed by atoms with Gasteiger partial charge in [0.15, 0.2) is 0 Å². The van der Waals surface area contributed by atoms with Gasteiger partial charge in [-0.3, -0.25) is 9.89 Å². The Balaban J connectivity index is 1.62. The molecule has 1 heterocycles. The summed E-state index contributed by atoms with van der Waals surface area (Å²) in [6.07, 6.45) is 6.89. The normalized spacial score (nSPS) is 27.2. The number of nitrogens with zero attached hydrogens (tertiary/aromatic N) is 1. The number of carbonyl (C=O) groups excluding carboxylic acids is 1. The molecule has 1 aromatic rings. The minimum Gasteiger partial charge on any atom is -0.379 e. The Morgan fingerprint density at radius 3 is 2.89 bits per heavy atom. The zero-order valence-corrected chi connectivity index (χ0v) is 11.3. The number of carbonyl (C=O) groups is 1. The Morgan fingerprint density at radius 2 is 2.16 bits per heavy atom. The van der Waals surface area contributed by atoms with E-state index in [1.165, 1.54) is 19.3 Å². The first kappa shape index (κ1) is 12.7. The number of methoxy groups -OCH3 is 1. The van der Waals surface area contributed by atoms with Gasteiger partial charge in [-0.15, -0.1) is 0 Å². The van der Waals surface area contributed by atoms with E-state index in [0.717, 1.165) is 25.0 Å². The Hall–Kier alpha value is -1.36. The van der Waals surface area contributed by atoms with Crippen LogP contribution in [0.4, 0.5) is 0 Å². The predicted octanol–water partition coefficient (Wildman–Crippen LogP) is 1.97. The topological polar surface area (TPSA) is 67.0 Å². The molecule has 0 spiro atoms. The van der Waals surface area contributed by atoms with E-state index in [1.54, 1.807) is 7.11 Å². The summed E-state index contributed by atoms with van der Waals surface area (Å²) in [5, 5.41) is 10.1. The minimum absolute atomic E-state index is 0.0860. The molecule has 2 atom stereocenters. The number of ether oxygens (including phenoxy) is 1. The van der Waals surface area contributed by atoms with Gasteiger partial charge in [0.05, 0.1) is 12.1 Å². The second-order valence-electron chi connectivity index (χ2n) is 5.62. The van der Waals surface area contributed by atoms with Gasteiger partial charge in [-0.05, 0) is 31.7 Å². The van der Waals surface area contributed by atoms with Crippen molar-refractivity contribution in [1.82, 2.24) is 15.5 Å². The summed E-state index contributed by atoms with van der Waals surface area (Å²) < 4.78 is 5.45. The van der Waals surface area contributed by atoms with Gasteiger partial charge in [0, 0.05) is 18.7 Å². The van der Waals surface area contributed by atoms with Gasteiger partial charge in [0.1, 0.15) is 5.69 Å². The average molecular weight is 263 g/mol. The fourth-order valence-electron chi connectivity index (χ4n) is 2.84. The fourth-order valence-corrected chi connectivity index (χ4v) is 2.84. The Morgan fingerprint density at radius 1 is 1.37 bits per heavy atom. The molecule has 0 aromatic carbocycles. The Labute approximate surface area is 113 Å². The first-order valence-corrected chi connectivity index (χ1v) is 7.17. The van der Waals surface area contributed by atoms with Crippen LogP contribution in [0.2, 0.25) is 0 Å². The highest BCUT2D eigenvalue weighted by molar-refractivity contribution is 5.92. The van der Waals surface area contributed by atoms with Crippen molar-refractivity contribution >= 4 is 5.91 Å². The third kappa shape index (κ3) is 2.81. The van der Waals surface area contributed by atoms with Crippen molar-refractivity contribution in [2.24, 2.45) is 0 Å². The monoisotopic (exact) mass is 263 g/mol. The summed E-state index contributed by atoms with van der Waals surface area (Å²) >= 11 is 0. The number of nitrogens with one attached hydrogen (secondary N) is 2. The lowest BCUT2D eigenvalue weighted by atomic mass is 9.92. The standard InChI is InChI=1S/C14H21N3O2/c1-19-13-5-3-2-4-10(13)15-14(18)12-8-11(16-17-12)9-6-7-9/h8-10,13H,2-7H2,1H3,(H,15,18)(H,16,17)/t10-,13-/m0/s1. The molecule has 2 fully saturated rings. The van der Waals surface area contributed by atoms with Crippen LogP contribution < -0.4 is 5.32 Å². The molecular formula is C14H21N3O2. The van der Waals surface area contributed by atoms with Crippen molar-refractivity contribution in [3.8, 4) is 0 Å². The zero-order chi connectivity index (χ0) is 13.2. The van der Waals surface area contributed by atoms with Crippen molar-refractivity contribution in [1.29, 1.82) is 0 Å². The SMILES string of the molecule is CO[C@H]1CCCC[C@@H]1NC(=O)c1cc(C2CC2)[nH]n1. The molecule has 104 valence electrons. The number of amides is 1. The Kier molecular flexibility index (Phi) is 3.55. The van der Waals surface area contributed by atoms with E-state index < -0.39 is 0 Å². The molecule has 0 bridgehead atoms. The van der Waals surface area contributed by atoms with E-state index in [1.807, 2.05) is 6.07 Å². The summed E-state index contributed by atoms with van der Waals surface area (Å²) in [5.74, 6) is 0.507. The van der Waals surface area contributed by atoms with Crippen molar-refractivity contribution in [2.45, 2.75) is 56.6 Å². The number of rotatable bonds is 4. The maximum Gasteiger partial charge on any atom is 0.272 e. The summed E-state index contributed by atoms with van der Waals surface area (Å²) in [4.78, 5) is 12.2. The number of hydrogen-bond acceptors (Lipinski definition) is 3. The van der Waals surface area contributed by atoms with Gasteiger partial charge >= 0.3 is 0 Å².